The molecule has 0 aliphatic carbocycles. The maximum Gasteiger partial charge on any atom is 0.339 e. The van der Waals surface area contributed by atoms with Gasteiger partial charge in [-0.05, 0) is 25.8 Å². The summed E-state index contributed by atoms with van der Waals surface area (Å²) in [6.07, 6.45) is 6.37. The predicted molar refractivity (Wildman–Crippen MR) is 84.9 cm³/mol. The fourth-order valence-electron chi connectivity index (χ4n) is 1.07. The Morgan fingerprint density at radius 1 is 1.11 bits per heavy atom. The molecule has 19 heavy (non-hydrogen) atoms. The molecule has 0 amide bonds. The van der Waals surface area contributed by atoms with E-state index >= 15 is 0 Å². The number of esters is 1. The molecular weight excluding hydrogens is 238 g/mol. The standard InChI is InChI=1S/C12H21NO2.2C2H6/c1-4-7-8-9-10(11(13)5-2)12(14)15-6-3;2*1-2/h8-9H,4-7,13H2,1-3H3;2*1-2H3/b9-8+,11-10+;;. The van der Waals surface area contributed by atoms with Crippen LogP contribution < -0.4 is 5.73 Å². The van der Waals surface area contributed by atoms with Crippen molar-refractivity contribution >= 4 is 5.97 Å². The van der Waals surface area contributed by atoms with Gasteiger partial charge in [-0.3, -0.25) is 0 Å². The van der Waals surface area contributed by atoms with Gasteiger partial charge >= 0.3 is 5.97 Å². The van der Waals surface area contributed by atoms with Gasteiger partial charge in [0.25, 0.3) is 0 Å². The second-order valence-corrected chi connectivity index (χ2v) is 3.20. The van der Waals surface area contributed by atoms with Gasteiger partial charge in [-0.25, -0.2) is 4.79 Å². The van der Waals surface area contributed by atoms with Gasteiger partial charge in [-0.15, -0.1) is 0 Å². The Morgan fingerprint density at radius 2 is 1.63 bits per heavy atom. The number of allylic oxidation sites excluding steroid dienone is 2. The summed E-state index contributed by atoms with van der Waals surface area (Å²) in [4.78, 5) is 11.5. The lowest BCUT2D eigenvalue weighted by atomic mass is 10.1. The second-order valence-electron chi connectivity index (χ2n) is 3.20. The van der Waals surface area contributed by atoms with Crippen LogP contribution in [0, 0.1) is 0 Å². The first-order chi connectivity index (χ1) is 9.17. The molecule has 0 aromatic rings. The minimum atomic E-state index is -0.329. The summed E-state index contributed by atoms with van der Waals surface area (Å²) in [5, 5.41) is 0. The SMILES string of the molecule is CC.CC.CCC/C=C/C(C(=O)OCC)=C(\N)CC. The van der Waals surface area contributed by atoms with Gasteiger partial charge in [0.2, 0.25) is 0 Å². The van der Waals surface area contributed by atoms with Crippen molar-refractivity contribution in [3.05, 3.63) is 23.4 Å². The highest BCUT2D eigenvalue weighted by Gasteiger charge is 2.10. The zero-order valence-corrected chi connectivity index (χ0v) is 13.9. The second kappa shape index (κ2) is 19.1. The summed E-state index contributed by atoms with van der Waals surface area (Å²) in [6.45, 7) is 14.2. The molecule has 0 atom stereocenters. The van der Waals surface area contributed by atoms with E-state index in [9.17, 15) is 4.79 Å². The number of rotatable bonds is 6. The van der Waals surface area contributed by atoms with Gasteiger partial charge in [-0.1, -0.05) is 54.0 Å². The summed E-state index contributed by atoms with van der Waals surface area (Å²) in [5.74, 6) is -0.329. The number of nitrogens with two attached hydrogens (primary N) is 1. The Kier molecular flexibility index (Phi) is 23.0. The summed E-state index contributed by atoms with van der Waals surface area (Å²) in [5.41, 5.74) is 6.84. The average molecular weight is 271 g/mol. The van der Waals surface area contributed by atoms with Crippen molar-refractivity contribution in [2.45, 2.75) is 67.7 Å². The number of unbranched alkanes of at least 4 members (excludes halogenated alkanes) is 1. The molecule has 0 unspecified atom stereocenters. The smallest absolute Gasteiger partial charge is 0.339 e. The topological polar surface area (TPSA) is 52.3 Å². The molecule has 0 radical (unpaired) electrons. The largest absolute Gasteiger partial charge is 0.462 e. The maximum atomic E-state index is 11.5. The Balaban J connectivity index is -0.000000579. The van der Waals surface area contributed by atoms with Crippen LogP contribution in [-0.2, 0) is 9.53 Å². The van der Waals surface area contributed by atoms with E-state index in [-0.39, 0.29) is 5.97 Å². The van der Waals surface area contributed by atoms with Crippen LogP contribution in [0.25, 0.3) is 0 Å². The van der Waals surface area contributed by atoms with E-state index in [0.717, 1.165) is 12.8 Å². The van der Waals surface area contributed by atoms with Gasteiger partial charge in [0, 0.05) is 5.70 Å². The van der Waals surface area contributed by atoms with Crippen LogP contribution in [-0.4, -0.2) is 12.6 Å². The van der Waals surface area contributed by atoms with Gasteiger partial charge in [0.05, 0.1) is 12.2 Å². The van der Waals surface area contributed by atoms with E-state index in [4.69, 9.17) is 10.5 Å². The highest BCUT2D eigenvalue weighted by molar-refractivity contribution is 5.92. The lowest BCUT2D eigenvalue weighted by Crippen LogP contribution is -2.12. The maximum absolute atomic E-state index is 11.5. The van der Waals surface area contributed by atoms with Crippen molar-refractivity contribution in [2.24, 2.45) is 5.73 Å². The average Bonchev–Trinajstić information content (AvgIpc) is 2.47. The van der Waals surface area contributed by atoms with Crippen molar-refractivity contribution in [1.29, 1.82) is 0 Å². The molecule has 3 heteroatoms. The minimum absolute atomic E-state index is 0.329. The first-order valence-electron chi connectivity index (χ1n) is 7.49. The molecule has 0 saturated heterocycles. The number of ether oxygens (including phenoxy) is 1. The van der Waals surface area contributed by atoms with Gasteiger partial charge in [0.15, 0.2) is 0 Å². The number of carbonyl (C=O) groups excluding carboxylic acids is 1. The molecule has 0 aliphatic heterocycles. The fraction of sp³-hybridized carbons (Fsp3) is 0.688. The van der Waals surface area contributed by atoms with E-state index in [0.29, 0.717) is 24.3 Å². The summed E-state index contributed by atoms with van der Waals surface area (Å²) < 4.78 is 4.93. The van der Waals surface area contributed by atoms with E-state index in [1.165, 1.54) is 0 Å². The van der Waals surface area contributed by atoms with Crippen LogP contribution in [0.3, 0.4) is 0 Å². The molecule has 0 aromatic carbocycles. The molecule has 0 aliphatic rings. The molecule has 0 aromatic heterocycles. The summed E-state index contributed by atoms with van der Waals surface area (Å²) in [7, 11) is 0. The van der Waals surface area contributed by atoms with Crippen LogP contribution in [0.4, 0.5) is 0 Å². The van der Waals surface area contributed by atoms with Crippen LogP contribution >= 0.6 is 0 Å². The lowest BCUT2D eigenvalue weighted by Gasteiger charge is -2.05. The van der Waals surface area contributed by atoms with Crippen molar-refractivity contribution in [1.82, 2.24) is 0 Å². The Labute approximate surface area is 119 Å². The summed E-state index contributed by atoms with van der Waals surface area (Å²) in [6, 6.07) is 0. The fourth-order valence-corrected chi connectivity index (χ4v) is 1.07. The Bertz CT molecular complexity index is 255. The zero-order chi connectivity index (χ0) is 15.7. The van der Waals surface area contributed by atoms with Gasteiger partial charge in [-0.2, -0.15) is 0 Å². The zero-order valence-electron chi connectivity index (χ0n) is 13.9. The number of hydrogen-bond donors (Lipinski definition) is 1. The molecule has 3 nitrogen and oxygen atoms in total. The molecule has 0 saturated carbocycles. The molecule has 114 valence electrons. The molecule has 0 rings (SSSR count). The van der Waals surface area contributed by atoms with Gasteiger partial charge < -0.3 is 10.5 Å². The third-order valence-corrected chi connectivity index (χ3v) is 1.96. The summed E-state index contributed by atoms with van der Waals surface area (Å²) >= 11 is 0. The Hall–Kier alpha value is -1.25. The van der Waals surface area contributed by atoms with E-state index in [1.54, 1.807) is 13.0 Å². The van der Waals surface area contributed by atoms with Gasteiger partial charge in [0.1, 0.15) is 0 Å². The lowest BCUT2D eigenvalue weighted by molar-refractivity contribution is -0.138. The molecule has 0 bridgehead atoms. The quantitative estimate of drug-likeness (QED) is 0.437. The van der Waals surface area contributed by atoms with Crippen LogP contribution in [0.15, 0.2) is 23.4 Å². The van der Waals surface area contributed by atoms with Crippen LogP contribution in [0.5, 0.6) is 0 Å². The third-order valence-electron chi connectivity index (χ3n) is 1.96. The molecular formula is C16H33NO2. The predicted octanol–water partition coefficient (Wildman–Crippen LogP) is 4.58. The highest BCUT2D eigenvalue weighted by Crippen LogP contribution is 2.08. The molecule has 0 spiro atoms. The normalized spacial score (nSPS) is 10.7. The first-order valence-corrected chi connectivity index (χ1v) is 7.49. The first kappa shape index (κ1) is 22.9. The number of carbonyl (C=O) groups is 1. The minimum Gasteiger partial charge on any atom is -0.462 e. The molecule has 0 fully saturated rings. The van der Waals surface area contributed by atoms with Crippen molar-refractivity contribution < 1.29 is 9.53 Å². The van der Waals surface area contributed by atoms with Crippen molar-refractivity contribution in [3.8, 4) is 0 Å². The molecule has 0 heterocycles. The van der Waals surface area contributed by atoms with E-state index in [1.807, 2.05) is 40.7 Å². The highest BCUT2D eigenvalue weighted by atomic mass is 16.5. The van der Waals surface area contributed by atoms with Crippen molar-refractivity contribution in [3.63, 3.8) is 0 Å². The third kappa shape index (κ3) is 13.0. The monoisotopic (exact) mass is 271 g/mol. The van der Waals surface area contributed by atoms with Crippen LogP contribution in [0.2, 0.25) is 0 Å². The Morgan fingerprint density at radius 3 is 2.00 bits per heavy atom. The van der Waals surface area contributed by atoms with Crippen LogP contribution in [0.1, 0.15) is 67.7 Å². The van der Waals surface area contributed by atoms with E-state index < -0.39 is 0 Å². The van der Waals surface area contributed by atoms with E-state index in [2.05, 4.69) is 6.92 Å². The number of hydrogen-bond acceptors (Lipinski definition) is 3. The molecule has 2 N–H and O–H groups in total. The van der Waals surface area contributed by atoms with Crippen molar-refractivity contribution in [2.75, 3.05) is 6.61 Å².